The molecule has 3 heterocycles. The lowest BCUT2D eigenvalue weighted by atomic mass is 9.87. The first-order valence-corrected chi connectivity index (χ1v) is 14.0. The van der Waals surface area contributed by atoms with Crippen molar-refractivity contribution in [1.29, 1.82) is 0 Å². The van der Waals surface area contributed by atoms with E-state index in [2.05, 4.69) is 22.1 Å². The molecule has 0 saturated carbocycles. The van der Waals surface area contributed by atoms with Crippen LogP contribution >= 0.6 is 23.7 Å². The maximum atomic E-state index is 12.2. The van der Waals surface area contributed by atoms with Crippen molar-refractivity contribution in [3.05, 3.63) is 82.0 Å². The topological polar surface area (TPSA) is 199 Å². The molecule has 2 aliphatic rings. The molecule has 0 bridgehead atoms. The van der Waals surface area contributed by atoms with Crippen LogP contribution in [0.15, 0.2) is 32.6 Å². The second-order valence-electron chi connectivity index (χ2n) is 9.99. The Morgan fingerprint density at radius 2 is 1.95 bits per heavy atom. The number of aromatic amines is 1. The highest BCUT2D eigenvalue weighted by molar-refractivity contribution is 7.18. The predicted octanol–water partition coefficient (Wildman–Crippen LogP) is 1.66. The number of carboxylic acid groups (broad SMARTS) is 1. The highest BCUT2D eigenvalue weighted by Gasteiger charge is 2.30. The van der Waals surface area contributed by atoms with Crippen LogP contribution in [0.1, 0.15) is 51.1 Å². The molecule has 6 rings (SSSR count). The van der Waals surface area contributed by atoms with Gasteiger partial charge in [-0.2, -0.15) is 0 Å². The summed E-state index contributed by atoms with van der Waals surface area (Å²) in [5.74, 6) is -2.14. The Morgan fingerprint density at radius 1 is 1.19 bits per heavy atom. The van der Waals surface area contributed by atoms with Crippen molar-refractivity contribution in [3.63, 3.8) is 0 Å². The number of fused-ring (bicyclic) bond motifs is 4. The molecule has 0 fully saturated rings. The van der Waals surface area contributed by atoms with Crippen molar-refractivity contribution in [3.8, 4) is 0 Å². The molecule has 1 atom stereocenters. The first kappa shape index (κ1) is 30.9. The maximum absolute atomic E-state index is 12.2. The lowest BCUT2D eigenvalue weighted by Crippen LogP contribution is -2.44. The summed E-state index contributed by atoms with van der Waals surface area (Å²) < 4.78 is 5.05. The molecule has 0 amide bonds. The highest BCUT2D eigenvalue weighted by Crippen LogP contribution is 2.36. The SMILES string of the molecule is CCOC(=O)C1CCc2sc3nc(C(=O)O)[nH]c(=O)c3c2C1.Cl.NCc1ccc2c(c1)CN(c1c(N)c(=O)c1=O)CC2. The average Bonchev–Trinajstić information content (AvgIpc) is 3.35. The smallest absolute Gasteiger partial charge is 0.372 e. The van der Waals surface area contributed by atoms with E-state index < -0.39 is 22.4 Å². The van der Waals surface area contributed by atoms with E-state index in [1.165, 1.54) is 16.9 Å². The van der Waals surface area contributed by atoms with E-state index in [0.717, 1.165) is 28.0 Å². The zero-order valence-electron chi connectivity index (χ0n) is 22.7. The number of esters is 1. The van der Waals surface area contributed by atoms with Gasteiger partial charge in [0, 0.05) is 24.5 Å². The van der Waals surface area contributed by atoms with Gasteiger partial charge in [-0.25, -0.2) is 9.78 Å². The number of carbonyl (C=O) groups excluding carboxylic acids is 1. The summed E-state index contributed by atoms with van der Waals surface area (Å²) in [5, 5.41) is 9.36. The lowest BCUT2D eigenvalue weighted by Gasteiger charge is -2.31. The number of anilines is 2. The van der Waals surface area contributed by atoms with E-state index in [4.69, 9.17) is 21.3 Å². The van der Waals surface area contributed by atoms with E-state index in [0.29, 0.717) is 61.4 Å². The molecule has 42 heavy (non-hydrogen) atoms. The van der Waals surface area contributed by atoms with Gasteiger partial charge in [0.2, 0.25) is 5.82 Å². The van der Waals surface area contributed by atoms with E-state index in [1.54, 1.807) is 6.92 Å². The number of nitrogens with two attached hydrogens (primary N) is 2. The fourth-order valence-electron chi connectivity index (χ4n) is 5.38. The third-order valence-electron chi connectivity index (χ3n) is 7.49. The number of thiophene rings is 1. The van der Waals surface area contributed by atoms with Gasteiger partial charge in [-0.3, -0.25) is 19.2 Å². The van der Waals surface area contributed by atoms with Gasteiger partial charge in [0.15, 0.2) is 0 Å². The quantitative estimate of drug-likeness (QED) is 0.188. The molecule has 222 valence electrons. The Kier molecular flexibility index (Phi) is 9.14. The van der Waals surface area contributed by atoms with Crippen LogP contribution in [0.4, 0.5) is 11.4 Å². The number of nitrogens with zero attached hydrogens (tertiary/aromatic N) is 2. The number of carbonyl (C=O) groups is 2. The van der Waals surface area contributed by atoms with Crippen LogP contribution in [-0.4, -0.2) is 40.2 Å². The number of hydrogen-bond donors (Lipinski definition) is 4. The molecule has 14 heteroatoms. The summed E-state index contributed by atoms with van der Waals surface area (Å²) in [6.07, 6.45) is 2.62. The third kappa shape index (κ3) is 5.67. The minimum Gasteiger partial charge on any atom is -0.475 e. The Hall–Kier alpha value is -4.07. The number of nitrogens with one attached hydrogen (secondary N) is 1. The molecule has 1 unspecified atom stereocenters. The van der Waals surface area contributed by atoms with Crippen LogP contribution in [-0.2, 0) is 41.9 Å². The molecular weight excluding hydrogens is 586 g/mol. The lowest BCUT2D eigenvalue weighted by molar-refractivity contribution is -0.148. The number of aryl methyl sites for hydroxylation is 1. The molecule has 0 saturated heterocycles. The van der Waals surface area contributed by atoms with Gasteiger partial charge in [-0.05, 0) is 54.9 Å². The number of halogens is 1. The first-order valence-electron chi connectivity index (χ1n) is 13.2. The molecule has 0 spiro atoms. The highest BCUT2D eigenvalue weighted by atomic mass is 35.5. The van der Waals surface area contributed by atoms with Crippen molar-refractivity contribution < 1.29 is 19.4 Å². The molecule has 6 N–H and O–H groups in total. The predicted molar refractivity (Wildman–Crippen MR) is 161 cm³/mol. The van der Waals surface area contributed by atoms with Crippen LogP contribution in [0.25, 0.3) is 10.2 Å². The van der Waals surface area contributed by atoms with Gasteiger partial charge >= 0.3 is 11.9 Å². The summed E-state index contributed by atoms with van der Waals surface area (Å²) in [5.41, 5.74) is 14.5. The number of carboxylic acids is 1. The van der Waals surface area contributed by atoms with Crippen LogP contribution in [0.5, 0.6) is 0 Å². The van der Waals surface area contributed by atoms with Crippen LogP contribution < -0.4 is 32.8 Å². The number of ether oxygens (including phenoxy) is 1. The standard InChI is InChI=1S/C14H15N3O2.C14H14N2O5S.ClH/c15-6-8-1-2-9-3-4-17(7-10(9)5-8)12-11(16)13(18)14(12)19;1-2-21-14(20)6-3-4-8-7(5-6)9-11(17)15-10(13(18)19)16-12(9)22-8;/h1-2,5H,3-4,6-7,15-16H2;6H,2-5H2,1H3,(H,18,19)(H,15,16,17);1H. The normalized spacial score (nSPS) is 15.7. The van der Waals surface area contributed by atoms with Crippen molar-refractivity contribution in [1.82, 2.24) is 9.97 Å². The summed E-state index contributed by atoms with van der Waals surface area (Å²) in [7, 11) is 0. The van der Waals surface area contributed by atoms with Gasteiger partial charge in [-0.15, -0.1) is 23.7 Å². The number of rotatable bonds is 5. The molecular formula is C28H30ClN5O7S. The Labute approximate surface area is 249 Å². The zero-order valence-corrected chi connectivity index (χ0v) is 24.4. The number of benzene rings is 1. The maximum Gasteiger partial charge on any atom is 0.372 e. The minimum atomic E-state index is -1.27. The Bertz CT molecular complexity index is 1810. The summed E-state index contributed by atoms with van der Waals surface area (Å²) in [6, 6.07) is 6.17. The van der Waals surface area contributed by atoms with Crippen molar-refractivity contribution in [2.75, 3.05) is 23.8 Å². The fourth-order valence-corrected chi connectivity index (χ4v) is 6.60. The number of aromatic carboxylic acids is 1. The second-order valence-corrected chi connectivity index (χ2v) is 11.1. The van der Waals surface area contributed by atoms with Crippen LogP contribution in [0.2, 0.25) is 0 Å². The van der Waals surface area contributed by atoms with Gasteiger partial charge in [0.1, 0.15) is 16.2 Å². The largest absolute Gasteiger partial charge is 0.475 e. The van der Waals surface area contributed by atoms with E-state index >= 15 is 0 Å². The number of hydrogen-bond acceptors (Lipinski definition) is 11. The molecule has 12 nitrogen and oxygen atoms in total. The van der Waals surface area contributed by atoms with Crippen LogP contribution in [0.3, 0.4) is 0 Å². The van der Waals surface area contributed by atoms with Crippen molar-refractivity contribution in [2.24, 2.45) is 11.7 Å². The fraction of sp³-hybridized carbons (Fsp3) is 0.357. The molecule has 1 aliphatic heterocycles. The minimum absolute atomic E-state index is 0. The Morgan fingerprint density at radius 3 is 2.62 bits per heavy atom. The zero-order chi connectivity index (χ0) is 29.4. The molecule has 1 aliphatic carbocycles. The third-order valence-corrected chi connectivity index (χ3v) is 8.68. The summed E-state index contributed by atoms with van der Waals surface area (Å²) >= 11 is 1.33. The van der Waals surface area contributed by atoms with Gasteiger partial charge in [-0.1, -0.05) is 18.2 Å². The first-order chi connectivity index (χ1) is 19.6. The second kappa shape index (κ2) is 12.4. The monoisotopic (exact) mass is 615 g/mol. The van der Waals surface area contributed by atoms with Crippen molar-refractivity contribution >= 4 is 57.3 Å². The Balaban J connectivity index is 0.000000190. The number of H-pyrrole nitrogens is 1. The van der Waals surface area contributed by atoms with Gasteiger partial charge in [0.05, 0.1) is 17.9 Å². The van der Waals surface area contributed by atoms with Crippen molar-refractivity contribution in [2.45, 2.75) is 45.7 Å². The molecule has 2 aromatic carbocycles. The summed E-state index contributed by atoms with van der Waals surface area (Å²) in [6.45, 7) is 3.91. The molecule has 4 aromatic rings. The van der Waals surface area contributed by atoms with E-state index in [-0.39, 0.29) is 35.8 Å². The van der Waals surface area contributed by atoms with Gasteiger partial charge in [0.25, 0.3) is 16.4 Å². The van der Waals surface area contributed by atoms with E-state index in [1.807, 2.05) is 11.0 Å². The number of aromatic nitrogens is 2. The molecule has 0 radical (unpaired) electrons. The van der Waals surface area contributed by atoms with Crippen LogP contribution in [0, 0.1) is 5.92 Å². The van der Waals surface area contributed by atoms with E-state index in [9.17, 15) is 24.0 Å². The van der Waals surface area contributed by atoms with Gasteiger partial charge < -0.3 is 31.2 Å². The number of nitrogen functional groups attached to an aromatic ring is 1. The average molecular weight is 616 g/mol. The molecule has 2 aromatic heterocycles. The summed E-state index contributed by atoms with van der Waals surface area (Å²) in [4.78, 5) is 67.3.